The second-order valence-corrected chi connectivity index (χ2v) is 5.93. The Morgan fingerprint density at radius 2 is 1.67 bits per heavy atom. The Morgan fingerprint density at radius 3 is 2.42 bits per heavy atom. The van der Waals surface area contributed by atoms with Gasteiger partial charge in [0.1, 0.15) is 5.75 Å². The molecule has 0 radical (unpaired) electrons. The van der Waals surface area contributed by atoms with Crippen molar-refractivity contribution in [2.45, 2.75) is 13.5 Å². The van der Waals surface area contributed by atoms with Gasteiger partial charge in [-0.05, 0) is 24.6 Å². The van der Waals surface area contributed by atoms with Gasteiger partial charge in [0, 0.05) is 38.3 Å². The maximum Gasteiger partial charge on any atom is 0.128 e. The number of hydrogen-bond acceptors (Lipinski definition) is 4. The van der Waals surface area contributed by atoms with Gasteiger partial charge in [-0.15, -0.1) is 0 Å². The SMILES string of the molecule is CCOc1ccccc1/C=N/N1CCN(Cc2ccccc2)CC1. The summed E-state index contributed by atoms with van der Waals surface area (Å²) >= 11 is 0. The van der Waals surface area contributed by atoms with Gasteiger partial charge in [0.05, 0.1) is 12.8 Å². The van der Waals surface area contributed by atoms with Gasteiger partial charge in [-0.2, -0.15) is 5.10 Å². The highest BCUT2D eigenvalue weighted by molar-refractivity contribution is 5.83. The maximum atomic E-state index is 5.64. The van der Waals surface area contributed by atoms with Crippen LogP contribution < -0.4 is 4.74 Å². The Labute approximate surface area is 144 Å². The van der Waals surface area contributed by atoms with E-state index in [4.69, 9.17) is 4.74 Å². The Kier molecular flexibility index (Phi) is 5.85. The highest BCUT2D eigenvalue weighted by Gasteiger charge is 2.15. The number of nitrogens with zero attached hydrogens (tertiary/aromatic N) is 3. The van der Waals surface area contributed by atoms with Gasteiger partial charge in [0.2, 0.25) is 0 Å². The number of benzene rings is 2. The number of ether oxygens (including phenoxy) is 1. The van der Waals surface area contributed by atoms with Crippen LogP contribution in [0.2, 0.25) is 0 Å². The molecule has 1 heterocycles. The molecule has 1 aliphatic rings. The minimum Gasteiger partial charge on any atom is -0.493 e. The molecule has 0 bridgehead atoms. The zero-order chi connectivity index (χ0) is 16.6. The molecule has 2 aromatic carbocycles. The molecule has 0 amide bonds. The summed E-state index contributed by atoms with van der Waals surface area (Å²) in [6, 6.07) is 18.7. The molecule has 0 spiro atoms. The van der Waals surface area contributed by atoms with Crippen molar-refractivity contribution in [1.29, 1.82) is 0 Å². The van der Waals surface area contributed by atoms with Crippen molar-refractivity contribution in [3.63, 3.8) is 0 Å². The number of piperazine rings is 1. The second kappa shape index (κ2) is 8.50. The summed E-state index contributed by atoms with van der Waals surface area (Å²) in [6.07, 6.45) is 1.91. The third-order valence-corrected chi connectivity index (χ3v) is 4.18. The van der Waals surface area contributed by atoms with Gasteiger partial charge >= 0.3 is 0 Å². The lowest BCUT2D eigenvalue weighted by Crippen LogP contribution is -2.43. The predicted octanol–water partition coefficient (Wildman–Crippen LogP) is 3.24. The first-order chi connectivity index (χ1) is 11.8. The van der Waals surface area contributed by atoms with Crippen molar-refractivity contribution in [3.05, 3.63) is 65.7 Å². The van der Waals surface area contributed by atoms with Crippen molar-refractivity contribution < 1.29 is 4.74 Å². The third-order valence-electron chi connectivity index (χ3n) is 4.18. The number of hydrazone groups is 1. The molecule has 0 aromatic heterocycles. The molecular weight excluding hydrogens is 298 g/mol. The molecule has 0 atom stereocenters. The molecule has 24 heavy (non-hydrogen) atoms. The fourth-order valence-corrected chi connectivity index (χ4v) is 2.87. The standard InChI is InChI=1S/C20H25N3O/c1-2-24-20-11-7-6-10-19(20)16-21-23-14-12-22(13-15-23)17-18-8-4-3-5-9-18/h3-11,16H,2,12-15,17H2,1H3/b21-16+. The van der Waals surface area contributed by atoms with E-state index >= 15 is 0 Å². The Morgan fingerprint density at radius 1 is 0.958 bits per heavy atom. The number of rotatable bonds is 6. The van der Waals surface area contributed by atoms with Crippen LogP contribution in [0.3, 0.4) is 0 Å². The molecule has 0 unspecified atom stereocenters. The monoisotopic (exact) mass is 323 g/mol. The second-order valence-electron chi connectivity index (χ2n) is 5.93. The quantitative estimate of drug-likeness (QED) is 0.764. The van der Waals surface area contributed by atoms with E-state index in [1.807, 2.05) is 37.4 Å². The molecule has 0 aliphatic carbocycles. The fourth-order valence-electron chi connectivity index (χ4n) is 2.87. The summed E-state index contributed by atoms with van der Waals surface area (Å²) in [6.45, 7) is 7.69. The van der Waals surface area contributed by atoms with E-state index in [1.54, 1.807) is 0 Å². The van der Waals surface area contributed by atoms with Crippen LogP contribution in [0.4, 0.5) is 0 Å². The van der Waals surface area contributed by atoms with Gasteiger partial charge in [0.25, 0.3) is 0 Å². The van der Waals surface area contributed by atoms with Crippen LogP contribution in [-0.4, -0.2) is 48.9 Å². The van der Waals surface area contributed by atoms with E-state index in [1.165, 1.54) is 5.56 Å². The van der Waals surface area contributed by atoms with E-state index in [0.717, 1.165) is 44.0 Å². The van der Waals surface area contributed by atoms with Crippen LogP contribution in [0.25, 0.3) is 0 Å². The van der Waals surface area contributed by atoms with Gasteiger partial charge in [-0.3, -0.25) is 9.91 Å². The first kappa shape index (κ1) is 16.5. The lowest BCUT2D eigenvalue weighted by molar-refractivity contribution is 0.131. The predicted molar refractivity (Wildman–Crippen MR) is 98.5 cm³/mol. The molecule has 1 fully saturated rings. The van der Waals surface area contributed by atoms with E-state index in [-0.39, 0.29) is 0 Å². The van der Waals surface area contributed by atoms with Crippen molar-refractivity contribution in [3.8, 4) is 5.75 Å². The number of hydrogen-bond donors (Lipinski definition) is 0. The molecule has 3 rings (SSSR count). The largest absolute Gasteiger partial charge is 0.493 e. The smallest absolute Gasteiger partial charge is 0.128 e. The van der Waals surface area contributed by atoms with Crippen LogP contribution in [-0.2, 0) is 6.54 Å². The summed E-state index contributed by atoms with van der Waals surface area (Å²) in [4.78, 5) is 2.48. The minimum atomic E-state index is 0.670. The summed E-state index contributed by atoms with van der Waals surface area (Å²) in [5.74, 6) is 0.895. The van der Waals surface area contributed by atoms with Crippen LogP contribution in [0.15, 0.2) is 59.7 Å². The van der Waals surface area contributed by atoms with Crippen molar-refractivity contribution >= 4 is 6.21 Å². The Balaban J connectivity index is 1.52. The molecule has 1 saturated heterocycles. The zero-order valence-corrected chi connectivity index (χ0v) is 14.3. The summed E-state index contributed by atoms with van der Waals surface area (Å²) in [7, 11) is 0. The van der Waals surface area contributed by atoms with E-state index in [9.17, 15) is 0 Å². The van der Waals surface area contributed by atoms with Gasteiger partial charge in [-0.1, -0.05) is 42.5 Å². The van der Waals surface area contributed by atoms with Crippen molar-refractivity contribution in [2.24, 2.45) is 5.10 Å². The third kappa shape index (κ3) is 4.59. The van der Waals surface area contributed by atoms with Gasteiger partial charge in [-0.25, -0.2) is 0 Å². The van der Waals surface area contributed by atoms with Crippen molar-refractivity contribution in [1.82, 2.24) is 9.91 Å². The number of para-hydroxylation sites is 1. The summed E-state index contributed by atoms with van der Waals surface area (Å²) in [5.41, 5.74) is 2.41. The van der Waals surface area contributed by atoms with Crippen LogP contribution in [0.5, 0.6) is 5.75 Å². The van der Waals surface area contributed by atoms with Crippen LogP contribution in [0.1, 0.15) is 18.1 Å². The van der Waals surface area contributed by atoms with Crippen LogP contribution >= 0.6 is 0 Å². The van der Waals surface area contributed by atoms with Gasteiger partial charge in [0.15, 0.2) is 0 Å². The molecule has 4 heteroatoms. The summed E-state index contributed by atoms with van der Waals surface area (Å²) in [5, 5.41) is 6.78. The molecule has 126 valence electrons. The summed E-state index contributed by atoms with van der Waals surface area (Å²) < 4.78 is 5.64. The lowest BCUT2D eigenvalue weighted by atomic mass is 10.2. The molecule has 2 aromatic rings. The Hall–Kier alpha value is -2.33. The fraction of sp³-hybridized carbons (Fsp3) is 0.350. The molecule has 1 aliphatic heterocycles. The first-order valence-electron chi connectivity index (χ1n) is 8.62. The molecular formula is C20H25N3O. The average Bonchev–Trinajstić information content (AvgIpc) is 2.63. The highest BCUT2D eigenvalue weighted by Crippen LogP contribution is 2.16. The Bertz CT molecular complexity index is 649. The van der Waals surface area contributed by atoms with E-state index < -0.39 is 0 Å². The molecule has 4 nitrogen and oxygen atoms in total. The zero-order valence-electron chi connectivity index (χ0n) is 14.3. The first-order valence-corrected chi connectivity index (χ1v) is 8.62. The topological polar surface area (TPSA) is 28.1 Å². The van der Waals surface area contributed by atoms with Crippen LogP contribution in [0, 0.1) is 0 Å². The van der Waals surface area contributed by atoms with Gasteiger partial charge < -0.3 is 4.74 Å². The maximum absolute atomic E-state index is 5.64. The van der Waals surface area contributed by atoms with E-state index in [2.05, 4.69) is 45.3 Å². The molecule has 0 N–H and O–H groups in total. The normalized spacial score (nSPS) is 15.8. The van der Waals surface area contributed by atoms with E-state index in [0.29, 0.717) is 6.61 Å². The minimum absolute atomic E-state index is 0.670. The lowest BCUT2D eigenvalue weighted by Gasteiger charge is -2.33. The average molecular weight is 323 g/mol. The van der Waals surface area contributed by atoms with Crippen molar-refractivity contribution in [2.75, 3.05) is 32.8 Å². The highest BCUT2D eigenvalue weighted by atomic mass is 16.5. The molecule has 0 saturated carbocycles.